The zero-order chi connectivity index (χ0) is 18.4. The van der Waals surface area contributed by atoms with Crippen molar-refractivity contribution in [2.24, 2.45) is 0 Å². The van der Waals surface area contributed by atoms with Crippen molar-refractivity contribution < 1.29 is 18.7 Å². The molecule has 0 unspecified atom stereocenters. The van der Waals surface area contributed by atoms with Crippen LogP contribution in [0.15, 0.2) is 18.2 Å². The predicted octanol–water partition coefficient (Wildman–Crippen LogP) is 4.83. The van der Waals surface area contributed by atoms with Crippen molar-refractivity contribution in [2.45, 2.75) is 58.2 Å². The number of rotatable bonds is 8. The van der Waals surface area contributed by atoms with Gasteiger partial charge in [0.25, 0.3) is 0 Å². The van der Waals surface area contributed by atoms with Gasteiger partial charge in [-0.2, -0.15) is 0 Å². The van der Waals surface area contributed by atoms with Crippen LogP contribution < -0.4 is 4.74 Å². The van der Waals surface area contributed by atoms with Crippen LogP contribution in [0, 0.1) is 0 Å². The number of hydrogen-bond donors (Lipinski definition) is 0. The molecule has 24 heavy (non-hydrogen) atoms. The van der Waals surface area contributed by atoms with Crippen LogP contribution in [-0.4, -0.2) is 35.1 Å². The number of ether oxygens (including phenoxy) is 2. The summed E-state index contributed by atoms with van der Waals surface area (Å²) in [4.78, 5) is 11.9. The zero-order valence-corrected chi connectivity index (χ0v) is 17.2. The molecule has 0 fully saturated rings. The summed E-state index contributed by atoms with van der Waals surface area (Å²) in [5, 5.41) is 0.237. The highest BCUT2D eigenvalue weighted by molar-refractivity contribution is 6.74. The molecule has 0 aliphatic rings. The Balaban J connectivity index is 2.58. The number of methoxy groups -OCH3 is 2. The Bertz CT molecular complexity index is 547. The quantitative estimate of drug-likeness (QED) is 0.382. The first-order chi connectivity index (χ1) is 11.1. The Morgan fingerprint density at radius 1 is 1.12 bits per heavy atom. The van der Waals surface area contributed by atoms with Gasteiger partial charge < -0.3 is 13.9 Å². The average molecular weight is 353 g/mol. The minimum absolute atomic E-state index is 0.237. The first-order valence-corrected chi connectivity index (χ1v) is 11.4. The number of carbonyl (C=O) groups excluding carboxylic acids is 1. The Labute approximate surface area is 147 Å². The highest BCUT2D eigenvalue weighted by Gasteiger charge is 2.36. The molecule has 136 valence electrons. The van der Waals surface area contributed by atoms with E-state index in [1.165, 1.54) is 7.11 Å². The Kier molecular flexibility index (Phi) is 7.48. The molecule has 4 nitrogen and oxygen atoms in total. The molecule has 0 aliphatic heterocycles. The monoisotopic (exact) mass is 352 g/mol. The van der Waals surface area contributed by atoms with Gasteiger partial charge in [-0.05, 0) is 55.1 Å². The molecular formula is C19H32O4Si. The second-order valence-electron chi connectivity index (χ2n) is 7.58. The van der Waals surface area contributed by atoms with Gasteiger partial charge in [0.2, 0.25) is 0 Å². The lowest BCUT2D eigenvalue weighted by Crippen LogP contribution is -2.40. The van der Waals surface area contributed by atoms with E-state index in [2.05, 4.69) is 33.9 Å². The fraction of sp³-hybridized carbons (Fsp3) is 0.632. The van der Waals surface area contributed by atoms with Gasteiger partial charge in [-0.25, -0.2) is 4.79 Å². The number of unbranched alkanes of at least 4 members (excludes halogenated alkanes) is 1. The van der Waals surface area contributed by atoms with Gasteiger partial charge in [-0.3, -0.25) is 0 Å². The van der Waals surface area contributed by atoms with E-state index >= 15 is 0 Å². The van der Waals surface area contributed by atoms with Gasteiger partial charge in [0.1, 0.15) is 5.75 Å². The van der Waals surface area contributed by atoms with Gasteiger partial charge >= 0.3 is 5.97 Å². The molecule has 0 saturated carbocycles. The van der Waals surface area contributed by atoms with E-state index in [1.807, 2.05) is 12.1 Å². The van der Waals surface area contributed by atoms with Crippen molar-refractivity contribution in [1.82, 2.24) is 0 Å². The maximum absolute atomic E-state index is 11.9. The Morgan fingerprint density at radius 3 is 2.33 bits per heavy atom. The summed E-state index contributed by atoms with van der Waals surface area (Å²) in [6.45, 7) is 12.1. The van der Waals surface area contributed by atoms with Crippen LogP contribution in [0.3, 0.4) is 0 Å². The number of esters is 1. The molecule has 5 heteroatoms. The standard InChI is InChI=1S/C19H32O4Si/c1-19(2,3)24(6,7)23-13-9-8-10-15-11-12-16(21-4)14-17(15)18(20)22-5/h11-12,14H,8-10,13H2,1-7H3. The molecule has 1 aromatic carbocycles. The largest absolute Gasteiger partial charge is 0.497 e. The molecule has 0 aliphatic carbocycles. The second kappa shape index (κ2) is 8.67. The lowest BCUT2D eigenvalue weighted by molar-refractivity contribution is 0.0599. The van der Waals surface area contributed by atoms with E-state index in [4.69, 9.17) is 13.9 Å². The molecule has 0 saturated heterocycles. The van der Waals surface area contributed by atoms with Crippen LogP contribution in [0.1, 0.15) is 49.5 Å². The molecule has 0 spiro atoms. The molecule has 0 heterocycles. The highest BCUT2D eigenvalue weighted by atomic mass is 28.4. The average Bonchev–Trinajstić information content (AvgIpc) is 2.52. The van der Waals surface area contributed by atoms with Gasteiger partial charge in [0, 0.05) is 6.61 Å². The van der Waals surface area contributed by atoms with Crippen molar-refractivity contribution in [3.05, 3.63) is 29.3 Å². The molecule has 0 N–H and O–H groups in total. The van der Waals surface area contributed by atoms with Crippen LogP contribution in [0.25, 0.3) is 0 Å². The second-order valence-corrected chi connectivity index (χ2v) is 12.4. The van der Waals surface area contributed by atoms with Gasteiger partial charge in [-0.15, -0.1) is 0 Å². The fourth-order valence-corrected chi connectivity index (χ4v) is 3.25. The molecule has 0 aromatic heterocycles. The molecule has 0 bridgehead atoms. The van der Waals surface area contributed by atoms with Gasteiger partial charge in [0.05, 0.1) is 19.8 Å². The van der Waals surface area contributed by atoms with E-state index in [1.54, 1.807) is 13.2 Å². The van der Waals surface area contributed by atoms with Crippen LogP contribution >= 0.6 is 0 Å². The van der Waals surface area contributed by atoms with Crippen molar-refractivity contribution in [2.75, 3.05) is 20.8 Å². The normalized spacial score (nSPS) is 12.1. The molecule has 0 amide bonds. The maximum Gasteiger partial charge on any atom is 0.338 e. The summed E-state index contributed by atoms with van der Waals surface area (Å²) in [7, 11) is 1.32. The van der Waals surface area contributed by atoms with E-state index in [0.717, 1.165) is 31.4 Å². The number of benzene rings is 1. The lowest BCUT2D eigenvalue weighted by atomic mass is 10.0. The van der Waals surface area contributed by atoms with E-state index in [9.17, 15) is 4.79 Å². The molecule has 0 atom stereocenters. The van der Waals surface area contributed by atoms with Gasteiger partial charge in [-0.1, -0.05) is 26.8 Å². The maximum atomic E-state index is 11.9. The minimum atomic E-state index is -1.67. The van der Waals surface area contributed by atoms with E-state index in [-0.39, 0.29) is 11.0 Å². The SMILES string of the molecule is COC(=O)c1cc(OC)ccc1CCCCO[Si](C)(C)C(C)(C)C. The molecular weight excluding hydrogens is 320 g/mol. The molecule has 0 radical (unpaired) electrons. The third kappa shape index (κ3) is 5.63. The highest BCUT2D eigenvalue weighted by Crippen LogP contribution is 2.36. The number of hydrogen-bond acceptors (Lipinski definition) is 4. The minimum Gasteiger partial charge on any atom is -0.497 e. The summed E-state index contributed by atoms with van der Waals surface area (Å²) in [5.41, 5.74) is 1.58. The summed E-state index contributed by atoms with van der Waals surface area (Å²) in [5.74, 6) is 0.349. The zero-order valence-electron chi connectivity index (χ0n) is 16.2. The summed E-state index contributed by atoms with van der Waals surface area (Å²) in [6, 6.07) is 5.57. The summed E-state index contributed by atoms with van der Waals surface area (Å²) < 4.78 is 16.3. The topological polar surface area (TPSA) is 44.8 Å². The lowest BCUT2D eigenvalue weighted by Gasteiger charge is -2.36. The molecule has 1 aromatic rings. The first kappa shape index (κ1) is 20.7. The molecule has 1 rings (SSSR count). The van der Waals surface area contributed by atoms with E-state index in [0.29, 0.717) is 11.3 Å². The van der Waals surface area contributed by atoms with Crippen LogP contribution in [0.4, 0.5) is 0 Å². The smallest absolute Gasteiger partial charge is 0.338 e. The van der Waals surface area contributed by atoms with Crippen molar-refractivity contribution in [3.63, 3.8) is 0 Å². The van der Waals surface area contributed by atoms with Gasteiger partial charge in [0.15, 0.2) is 8.32 Å². The Hall–Kier alpha value is -1.33. The van der Waals surface area contributed by atoms with Crippen molar-refractivity contribution >= 4 is 14.3 Å². The third-order valence-electron chi connectivity index (χ3n) is 4.83. The summed E-state index contributed by atoms with van der Waals surface area (Å²) >= 11 is 0. The van der Waals surface area contributed by atoms with Crippen LogP contribution in [-0.2, 0) is 15.6 Å². The third-order valence-corrected chi connectivity index (χ3v) is 9.37. The fourth-order valence-electron chi connectivity index (χ4n) is 2.16. The first-order valence-electron chi connectivity index (χ1n) is 8.51. The van der Waals surface area contributed by atoms with Crippen LogP contribution in [0.5, 0.6) is 5.75 Å². The van der Waals surface area contributed by atoms with Crippen molar-refractivity contribution in [1.29, 1.82) is 0 Å². The number of aryl methyl sites for hydroxylation is 1. The summed E-state index contributed by atoms with van der Waals surface area (Å²) in [6.07, 6.45) is 2.79. The Morgan fingerprint density at radius 2 is 1.79 bits per heavy atom. The predicted molar refractivity (Wildman–Crippen MR) is 100 cm³/mol. The van der Waals surface area contributed by atoms with Crippen molar-refractivity contribution in [3.8, 4) is 5.75 Å². The van der Waals surface area contributed by atoms with E-state index < -0.39 is 8.32 Å². The number of carbonyl (C=O) groups is 1. The van der Waals surface area contributed by atoms with Crippen LogP contribution in [0.2, 0.25) is 18.1 Å².